The zero-order chi connectivity index (χ0) is 12.7. The van der Waals surface area contributed by atoms with Gasteiger partial charge in [-0.3, -0.25) is 9.48 Å². The molecule has 1 N–H and O–H groups in total. The van der Waals surface area contributed by atoms with Gasteiger partial charge >= 0.3 is 0 Å². The number of para-hydroxylation sites is 1. The molecule has 5 heteroatoms. The SMILES string of the molecule is Cn1nccc1-c1cc(=O)c2cccc(I)c2[nH]1. The third-order valence-electron chi connectivity index (χ3n) is 2.91. The van der Waals surface area contributed by atoms with E-state index >= 15 is 0 Å². The average molecular weight is 351 g/mol. The minimum Gasteiger partial charge on any atom is -0.352 e. The number of fused-ring (bicyclic) bond motifs is 1. The predicted octanol–water partition coefficient (Wildman–Crippen LogP) is 2.53. The molecule has 0 spiro atoms. The Bertz CT molecular complexity index is 788. The molecular formula is C13H10IN3O. The molecule has 0 aliphatic rings. The molecule has 0 saturated heterocycles. The maximum absolute atomic E-state index is 12.1. The van der Waals surface area contributed by atoms with E-state index in [1.807, 2.05) is 31.3 Å². The number of H-pyrrole nitrogens is 1. The Morgan fingerprint density at radius 2 is 2.17 bits per heavy atom. The average Bonchev–Trinajstić information content (AvgIpc) is 2.77. The largest absolute Gasteiger partial charge is 0.352 e. The molecule has 3 rings (SSSR count). The van der Waals surface area contributed by atoms with Crippen molar-refractivity contribution in [3.8, 4) is 11.4 Å². The second kappa shape index (κ2) is 4.24. The Hall–Kier alpha value is -1.63. The van der Waals surface area contributed by atoms with Crippen LogP contribution in [0.5, 0.6) is 0 Å². The molecule has 0 aliphatic heterocycles. The zero-order valence-electron chi connectivity index (χ0n) is 9.64. The van der Waals surface area contributed by atoms with Gasteiger partial charge in [0.15, 0.2) is 5.43 Å². The summed E-state index contributed by atoms with van der Waals surface area (Å²) in [5.74, 6) is 0. The van der Waals surface area contributed by atoms with Gasteiger partial charge in [0.2, 0.25) is 0 Å². The van der Waals surface area contributed by atoms with Crippen molar-refractivity contribution in [2.75, 3.05) is 0 Å². The summed E-state index contributed by atoms with van der Waals surface area (Å²) in [4.78, 5) is 15.4. The van der Waals surface area contributed by atoms with E-state index in [2.05, 4.69) is 32.7 Å². The van der Waals surface area contributed by atoms with E-state index in [0.717, 1.165) is 20.5 Å². The van der Waals surface area contributed by atoms with Crippen molar-refractivity contribution in [1.29, 1.82) is 0 Å². The molecule has 0 fully saturated rings. The van der Waals surface area contributed by atoms with Crippen molar-refractivity contribution in [2.45, 2.75) is 0 Å². The first kappa shape index (κ1) is 11.5. The van der Waals surface area contributed by atoms with Crippen LogP contribution in [-0.4, -0.2) is 14.8 Å². The first-order valence-corrected chi connectivity index (χ1v) is 6.54. The van der Waals surface area contributed by atoms with Gasteiger partial charge in [0.25, 0.3) is 0 Å². The van der Waals surface area contributed by atoms with Crippen LogP contribution in [-0.2, 0) is 7.05 Å². The Morgan fingerprint density at radius 3 is 2.89 bits per heavy atom. The summed E-state index contributed by atoms with van der Waals surface area (Å²) < 4.78 is 2.78. The summed E-state index contributed by atoms with van der Waals surface area (Å²) in [5.41, 5.74) is 2.59. The number of nitrogens with one attached hydrogen (secondary N) is 1. The molecule has 0 amide bonds. The van der Waals surface area contributed by atoms with Gasteiger partial charge in [-0.15, -0.1) is 0 Å². The van der Waals surface area contributed by atoms with Crippen LogP contribution in [0, 0.1) is 3.57 Å². The van der Waals surface area contributed by atoms with E-state index in [4.69, 9.17) is 0 Å². The van der Waals surface area contributed by atoms with Crippen LogP contribution in [0.2, 0.25) is 0 Å². The predicted molar refractivity (Wildman–Crippen MR) is 79.5 cm³/mol. The molecule has 0 aliphatic carbocycles. The molecule has 0 atom stereocenters. The third kappa shape index (κ3) is 1.74. The van der Waals surface area contributed by atoms with Crippen molar-refractivity contribution < 1.29 is 0 Å². The molecule has 3 aromatic rings. The standard InChI is InChI=1S/C13H10IN3O/c1-17-11(5-6-15-17)10-7-12(18)8-3-2-4-9(14)13(8)16-10/h2-7H,1H3,(H,16,18). The number of halogens is 1. The Morgan fingerprint density at radius 1 is 1.33 bits per heavy atom. The molecule has 0 bridgehead atoms. The second-order valence-electron chi connectivity index (χ2n) is 4.05. The van der Waals surface area contributed by atoms with E-state index in [9.17, 15) is 4.79 Å². The molecule has 90 valence electrons. The van der Waals surface area contributed by atoms with Gasteiger partial charge < -0.3 is 4.98 Å². The summed E-state index contributed by atoms with van der Waals surface area (Å²) in [5, 5.41) is 4.83. The summed E-state index contributed by atoms with van der Waals surface area (Å²) >= 11 is 2.23. The zero-order valence-corrected chi connectivity index (χ0v) is 11.8. The van der Waals surface area contributed by atoms with Crippen LogP contribution >= 0.6 is 22.6 Å². The normalized spacial score (nSPS) is 11.0. The first-order chi connectivity index (χ1) is 8.66. The number of benzene rings is 1. The molecule has 1 aromatic carbocycles. The number of aromatic nitrogens is 3. The lowest BCUT2D eigenvalue weighted by Gasteiger charge is -2.06. The van der Waals surface area contributed by atoms with Gasteiger partial charge in [0, 0.05) is 28.3 Å². The van der Waals surface area contributed by atoms with Crippen molar-refractivity contribution in [3.05, 3.63) is 50.3 Å². The van der Waals surface area contributed by atoms with Crippen LogP contribution in [0.4, 0.5) is 0 Å². The van der Waals surface area contributed by atoms with E-state index < -0.39 is 0 Å². The highest BCUT2D eigenvalue weighted by molar-refractivity contribution is 14.1. The lowest BCUT2D eigenvalue weighted by molar-refractivity contribution is 0.773. The van der Waals surface area contributed by atoms with E-state index in [1.165, 1.54) is 0 Å². The topological polar surface area (TPSA) is 50.7 Å². The smallest absolute Gasteiger partial charge is 0.190 e. The Labute approximate surface area is 117 Å². The Balaban J connectivity index is 2.37. The van der Waals surface area contributed by atoms with Crippen LogP contribution in [0.1, 0.15) is 0 Å². The molecule has 4 nitrogen and oxygen atoms in total. The summed E-state index contributed by atoms with van der Waals surface area (Å²) in [6.45, 7) is 0. The number of pyridine rings is 1. The lowest BCUT2D eigenvalue weighted by Crippen LogP contribution is -2.05. The highest BCUT2D eigenvalue weighted by Crippen LogP contribution is 2.20. The number of nitrogens with zero attached hydrogens (tertiary/aromatic N) is 2. The monoisotopic (exact) mass is 351 g/mol. The maximum Gasteiger partial charge on any atom is 0.190 e. The van der Waals surface area contributed by atoms with Crippen molar-refractivity contribution in [2.24, 2.45) is 7.05 Å². The van der Waals surface area contributed by atoms with E-state index in [1.54, 1.807) is 16.9 Å². The van der Waals surface area contributed by atoms with Gasteiger partial charge in [-0.2, -0.15) is 5.10 Å². The third-order valence-corrected chi connectivity index (χ3v) is 3.81. The quantitative estimate of drug-likeness (QED) is 0.685. The number of aryl methyl sites for hydroxylation is 1. The summed E-state index contributed by atoms with van der Waals surface area (Å²) in [6.07, 6.45) is 1.72. The fraction of sp³-hybridized carbons (Fsp3) is 0.0769. The fourth-order valence-electron chi connectivity index (χ4n) is 2.01. The van der Waals surface area contributed by atoms with Crippen molar-refractivity contribution in [3.63, 3.8) is 0 Å². The number of aromatic amines is 1. The molecule has 18 heavy (non-hydrogen) atoms. The molecule has 2 heterocycles. The fourth-order valence-corrected chi connectivity index (χ4v) is 2.65. The molecule has 0 saturated carbocycles. The Kier molecular flexibility index (Phi) is 2.70. The van der Waals surface area contributed by atoms with Gasteiger partial charge in [-0.1, -0.05) is 6.07 Å². The summed E-state index contributed by atoms with van der Waals surface area (Å²) in [6, 6.07) is 9.21. The number of hydrogen-bond donors (Lipinski definition) is 1. The van der Waals surface area contributed by atoms with Crippen LogP contribution in [0.3, 0.4) is 0 Å². The second-order valence-corrected chi connectivity index (χ2v) is 5.21. The maximum atomic E-state index is 12.1. The number of hydrogen-bond acceptors (Lipinski definition) is 2. The van der Waals surface area contributed by atoms with Gasteiger partial charge in [0.05, 0.1) is 16.9 Å². The van der Waals surface area contributed by atoms with Gasteiger partial charge in [-0.25, -0.2) is 0 Å². The molecular weight excluding hydrogens is 341 g/mol. The van der Waals surface area contributed by atoms with Crippen LogP contribution in [0.25, 0.3) is 22.3 Å². The molecule has 0 unspecified atom stereocenters. The van der Waals surface area contributed by atoms with Crippen LogP contribution in [0.15, 0.2) is 41.3 Å². The molecule has 0 radical (unpaired) electrons. The van der Waals surface area contributed by atoms with Crippen molar-refractivity contribution in [1.82, 2.24) is 14.8 Å². The van der Waals surface area contributed by atoms with Crippen LogP contribution < -0.4 is 5.43 Å². The number of rotatable bonds is 1. The van der Waals surface area contributed by atoms with Gasteiger partial charge in [0.1, 0.15) is 0 Å². The van der Waals surface area contributed by atoms with E-state index in [0.29, 0.717) is 5.39 Å². The van der Waals surface area contributed by atoms with Gasteiger partial charge in [-0.05, 0) is 40.8 Å². The first-order valence-electron chi connectivity index (χ1n) is 5.47. The highest BCUT2D eigenvalue weighted by Gasteiger charge is 2.08. The minimum absolute atomic E-state index is 0.0264. The lowest BCUT2D eigenvalue weighted by atomic mass is 10.1. The highest BCUT2D eigenvalue weighted by atomic mass is 127. The van der Waals surface area contributed by atoms with Crippen molar-refractivity contribution >= 4 is 33.5 Å². The minimum atomic E-state index is 0.0264. The molecule has 2 aromatic heterocycles. The summed E-state index contributed by atoms with van der Waals surface area (Å²) in [7, 11) is 1.85. The van der Waals surface area contributed by atoms with E-state index in [-0.39, 0.29) is 5.43 Å².